The second kappa shape index (κ2) is 7.07. The first-order valence-electron chi connectivity index (χ1n) is 7.05. The Morgan fingerprint density at radius 1 is 1.45 bits per heavy atom. The molecule has 2 aromatic rings. The smallest absolute Gasteiger partial charge is 0.118 e. The molecule has 1 atom stereocenters. The van der Waals surface area contributed by atoms with Crippen LogP contribution in [0.15, 0.2) is 28.0 Å². The van der Waals surface area contributed by atoms with Crippen LogP contribution in [0.5, 0.6) is 0 Å². The minimum absolute atomic E-state index is 0.506. The molecular weight excluding hydrogens is 268 g/mol. The van der Waals surface area contributed by atoms with E-state index in [1.54, 1.807) is 0 Å². The van der Waals surface area contributed by atoms with Gasteiger partial charge in [0.25, 0.3) is 0 Å². The molecule has 4 heteroatoms. The van der Waals surface area contributed by atoms with Crippen molar-refractivity contribution in [3.8, 4) is 0 Å². The topological polar surface area (TPSA) is 28.4 Å². The predicted molar refractivity (Wildman–Crippen MR) is 85.2 cm³/mol. The number of hydrogen-bond donors (Lipinski definition) is 1. The molecule has 0 saturated heterocycles. The summed E-state index contributed by atoms with van der Waals surface area (Å²) in [5, 5.41) is 5.31. The van der Waals surface area contributed by atoms with Gasteiger partial charge in [-0.3, -0.25) is 4.90 Å². The van der Waals surface area contributed by atoms with Gasteiger partial charge in [0.1, 0.15) is 11.5 Å². The molecule has 0 aliphatic heterocycles. The van der Waals surface area contributed by atoms with E-state index in [-0.39, 0.29) is 0 Å². The van der Waals surface area contributed by atoms with Crippen LogP contribution in [0, 0.1) is 6.92 Å². The summed E-state index contributed by atoms with van der Waals surface area (Å²) in [6.07, 6.45) is 1.09. The highest BCUT2D eigenvalue weighted by Gasteiger charge is 2.14. The number of thiophene rings is 1. The SMILES string of the molecule is CNCc1cc(CN(C)C(C)Cc2cccs2)oc1C. The highest BCUT2D eigenvalue weighted by Crippen LogP contribution is 2.18. The fraction of sp³-hybridized carbons (Fsp3) is 0.500. The summed E-state index contributed by atoms with van der Waals surface area (Å²) in [7, 11) is 4.12. The Balaban J connectivity index is 1.93. The molecule has 1 unspecified atom stereocenters. The van der Waals surface area contributed by atoms with Crippen LogP contribution in [0.3, 0.4) is 0 Å². The summed E-state index contributed by atoms with van der Waals surface area (Å²) in [5.74, 6) is 2.07. The van der Waals surface area contributed by atoms with Crippen molar-refractivity contribution >= 4 is 11.3 Å². The zero-order chi connectivity index (χ0) is 14.5. The first-order chi connectivity index (χ1) is 9.60. The first-order valence-corrected chi connectivity index (χ1v) is 7.93. The van der Waals surface area contributed by atoms with E-state index in [0.29, 0.717) is 6.04 Å². The standard InChI is InChI=1S/C16H24N2OS/c1-12(8-16-6-5-7-20-16)18(4)11-15-9-14(10-17-3)13(2)19-15/h5-7,9,12,17H,8,10-11H2,1-4H3. The van der Waals surface area contributed by atoms with Gasteiger partial charge in [0.2, 0.25) is 0 Å². The van der Waals surface area contributed by atoms with E-state index in [9.17, 15) is 0 Å². The van der Waals surface area contributed by atoms with E-state index in [4.69, 9.17) is 4.42 Å². The fourth-order valence-corrected chi connectivity index (χ4v) is 3.14. The summed E-state index contributed by atoms with van der Waals surface area (Å²) in [5.41, 5.74) is 1.25. The maximum Gasteiger partial charge on any atom is 0.118 e. The Hall–Kier alpha value is -1.10. The number of furan rings is 1. The number of likely N-dealkylation sites (N-methyl/N-ethyl adjacent to an activating group) is 1. The summed E-state index contributed by atoms with van der Waals surface area (Å²) < 4.78 is 5.84. The van der Waals surface area contributed by atoms with Gasteiger partial charge in [0.05, 0.1) is 6.54 Å². The molecule has 0 radical (unpaired) electrons. The Kier molecular flexibility index (Phi) is 5.40. The van der Waals surface area contributed by atoms with Crippen LogP contribution in [0.25, 0.3) is 0 Å². The van der Waals surface area contributed by atoms with Crippen molar-refractivity contribution in [2.24, 2.45) is 0 Å². The molecule has 20 heavy (non-hydrogen) atoms. The molecule has 3 nitrogen and oxygen atoms in total. The van der Waals surface area contributed by atoms with Crippen LogP contribution >= 0.6 is 11.3 Å². The molecule has 2 rings (SSSR count). The lowest BCUT2D eigenvalue weighted by molar-refractivity contribution is 0.228. The fourth-order valence-electron chi connectivity index (χ4n) is 2.31. The van der Waals surface area contributed by atoms with E-state index < -0.39 is 0 Å². The second-order valence-electron chi connectivity index (χ2n) is 5.37. The number of hydrogen-bond acceptors (Lipinski definition) is 4. The molecule has 0 fully saturated rings. The minimum atomic E-state index is 0.506. The minimum Gasteiger partial charge on any atom is -0.465 e. The molecule has 0 amide bonds. The van der Waals surface area contributed by atoms with Gasteiger partial charge < -0.3 is 9.73 Å². The molecule has 110 valence electrons. The van der Waals surface area contributed by atoms with Gasteiger partial charge in [0, 0.05) is 23.0 Å². The van der Waals surface area contributed by atoms with Gasteiger partial charge in [-0.1, -0.05) is 6.07 Å². The summed E-state index contributed by atoms with van der Waals surface area (Å²) in [6.45, 7) is 6.02. The maximum atomic E-state index is 5.84. The predicted octanol–water partition coefficient (Wildman–Crippen LogP) is 3.43. The number of rotatable bonds is 7. The molecule has 2 aromatic heterocycles. The van der Waals surface area contributed by atoms with Crippen LogP contribution < -0.4 is 5.32 Å². The van der Waals surface area contributed by atoms with Crippen LogP contribution in [0.1, 0.15) is 28.9 Å². The molecule has 0 saturated carbocycles. The van der Waals surface area contributed by atoms with Crippen LogP contribution in [-0.2, 0) is 19.5 Å². The van der Waals surface area contributed by atoms with Crippen molar-refractivity contribution in [2.75, 3.05) is 14.1 Å². The van der Waals surface area contributed by atoms with E-state index >= 15 is 0 Å². The maximum absolute atomic E-state index is 5.84. The molecule has 0 aliphatic carbocycles. The van der Waals surface area contributed by atoms with E-state index in [1.165, 1.54) is 10.4 Å². The van der Waals surface area contributed by atoms with Gasteiger partial charge in [-0.15, -0.1) is 11.3 Å². The van der Waals surface area contributed by atoms with E-state index in [0.717, 1.165) is 31.0 Å². The Bertz CT molecular complexity index is 519. The Labute approximate surface area is 125 Å². The third-order valence-corrected chi connectivity index (χ3v) is 4.57. The monoisotopic (exact) mass is 292 g/mol. The average molecular weight is 292 g/mol. The zero-order valence-electron chi connectivity index (χ0n) is 12.8. The van der Waals surface area contributed by atoms with Gasteiger partial charge >= 0.3 is 0 Å². The largest absolute Gasteiger partial charge is 0.465 e. The van der Waals surface area contributed by atoms with Crippen molar-refractivity contribution < 1.29 is 4.42 Å². The summed E-state index contributed by atoms with van der Waals surface area (Å²) in [6, 6.07) is 7.00. The Morgan fingerprint density at radius 3 is 2.90 bits per heavy atom. The Morgan fingerprint density at radius 2 is 2.25 bits per heavy atom. The highest BCUT2D eigenvalue weighted by atomic mass is 32.1. The lowest BCUT2D eigenvalue weighted by atomic mass is 10.2. The molecule has 0 bridgehead atoms. The van der Waals surface area contributed by atoms with Crippen LogP contribution in [0.2, 0.25) is 0 Å². The second-order valence-corrected chi connectivity index (χ2v) is 6.40. The van der Waals surface area contributed by atoms with Gasteiger partial charge in [-0.05, 0) is 51.9 Å². The van der Waals surface area contributed by atoms with Crippen LogP contribution in [0.4, 0.5) is 0 Å². The van der Waals surface area contributed by atoms with Crippen molar-refractivity contribution in [2.45, 2.75) is 39.4 Å². The van der Waals surface area contributed by atoms with Gasteiger partial charge in [-0.2, -0.15) is 0 Å². The number of nitrogens with one attached hydrogen (secondary N) is 1. The summed E-state index contributed by atoms with van der Waals surface area (Å²) in [4.78, 5) is 3.79. The molecule has 0 spiro atoms. The normalized spacial score (nSPS) is 13.1. The molecule has 0 aliphatic rings. The lowest BCUT2D eigenvalue weighted by Crippen LogP contribution is -2.30. The third-order valence-electron chi connectivity index (χ3n) is 3.67. The van der Waals surface area contributed by atoms with E-state index in [1.807, 2.05) is 25.3 Å². The van der Waals surface area contributed by atoms with E-state index in [2.05, 4.69) is 47.8 Å². The lowest BCUT2D eigenvalue weighted by Gasteiger charge is -2.23. The number of aryl methyl sites for hydroxylation is 1. The zero-order valence-corrected chi connectivity index (χ0v) is 13.6. The first kappa shape index (κ1) is 15.3. The summed E-state index contributed by atoms with van der Waals surface area (Å²) >= 11 is 1.83. The highest BCUT2D eigenvalue weighted by molar-refractivity contribution is 7.09. The van der Waals surface area contributed by atoms with Gasteiger partial charge in [-0.25, -0.2) is 0 Å². The third kappa shape index (κ3) is 3.95. The molecular formula is C16H24N2OS. The van der Waals surface area contributed by atoms with Crippen molar-refractivity contribution in [3.63, 3.8) is 0 Å². The quantitative estimate of drug-likeness (QED) is 0.847. The number of nitrogens with zero attached hydrogens (tertiary/aromatic N) is 1. The molecule has 0 aromatic carbocycles. The van der Waals surface area contributed by atoms with Crippen molar-refractivity contribution in [1.29, 1.82) is 0 Å². The van der Waals surface area contributed by atoms with Crippen LogP contribution in [-0.4, -0.2) is 25.0 Å². The van der Waals surface area contributed by atoms with Crippen molar-refractivity contribution in [3.05, 3.63) is 45.5 Å². The average Bonchev–Trinajstić information content (AvgIpc) is 3.01. The molecule has 1 N–H and O–H groups in total. The van der Waals surface area contributed by atoms with Crippen molar-refractivity contribution in [1.82, 2.24) is 10.2 Å². The molecule has 2 heterocycles. The van der Waals surface area contributed by atoms with Gasteiger partial charge in [0.15, 0.2) is 0 Å².